The largest absolute Gasteiger partial charge is 0.469 e. The van der Waals surface area contributed by atoms with Crippen molar-refractivity contribution in [2.24, 2.45) is 5.73 Å². The predicted octanol–water partition coefficient (Wildman–Crippen LogP) is 0.973. The molecule has 19 heavy (non-hydrogen) atoms. The Morgan fingerprint density at radius 3 is 2.42 bits per heavy atom. The zero-order valence-electron chi connectivity index (χ0n) is 11.1. The van der Waals surface area contributed by atoms with Crippen LogP contribution in [0.15, 0.2) is 24.3 Å². The zero-order chi connectivity index (χ0) is 14.5. The van der Waals surface area contributed by atoms with Crippen molar-refractivity contribution in [1.82, 2.24) is 0 Å². The van der Waals surface area contributed by atoms with Crippen LogP contribution in [0.1, 0.15) is 23.6 Å². The summed E-state index contributed by atoms with van der Waals surface area (Å²) < 4.78 is 28.0. The summed E-state index contributed by atoms with van der Waals surface area (Å²) in [7, 11) is -2.14. The van der Waals surface area contributed by atoms with Crippen LogP contribution in [0.5, 0.6) is 0 Å². The Kier molecular flexibility index (Phi) is 5.50. The van der Waals surface area contributed by atoms with E-state index in [9.17, 15) is 13.2 Å². The van der Waals surface area contributed by atoms with E-state index in [2.05, 4.69) is 4.74 Å². The molecule has 0 fully saturated rings. The normalized spacial score (nSPS) is 13.0. The minimum atomic E-state index is -3.37. The van der Waals surface area contributed by atoms with E-state index in [0.29, 0.717) is 0 Å². The van der Waals surface area contributed by atoms with Gasteiger partial charge in [0, 0.05) is 6.04 Å². The van der Waals surface area contributed by atoms with E-state index < -0.39 is 21.8 Å². The summed E-state index contributed by atoms with van der Waals surface area (Å²) >= 11 is 0. The molecule has 1 unspecified atom stereocenters. The number of esters is 1. The number of rotatable bonds is 6. The number of carbonyl (C=O) groups excluding carboxylic acids is 1. The molecule has 0 aliphatic heterocycles. The number of benzene rings is 1. The van der Waals surface area contributed by atoms with Crippen LogP contribution in [-0.2, 0) is 19.4 Å². The third-order valence-corrected chi connectivity index (χ3v) is 4.48. The minimum absolute atomic E-state index is 0.139. The van der Waals surface area contributed by atoms with E-state index in [4.69, 9.17) is 5.73 Å². The number of hydrogen-bond acceptors (Lipinski definition) is 5. The van der Waals surface area contributed by atoms with Crippen LogP contribution in [0.4, 0.5) is 0 Å². The van der Waals surface area contributed by atoms with E-state index in [-0.39, 0.29) is 17.9 Å². The first-order valence-corrected chi connectivity index (χ1v) is 7.75. The Balaban J connectivity index is 2.62. The third kappa shape index (κ3) is 5.40. The number of nitrogens with two attached hydrogens (primary N) is 1. The van der Waals surface area contributed by atoms with Gasteiger partial charge in [-0.1, -0.05) is 29.8 Å². The average molecular weight is 285 g/mol. The smallest absolute Gasteiger partial charge is 0.306 e. The maximum absolute atomic E-state index is 11.8. The highest BCUT2D eigenvalue weighted by molar-refractivity contribution is 7.91. The lowest BCUT2D eigenvalue weighted by molar-refractivity contribution is -0.140. The number of methoxy groups -OCH3 is 1. The van der Waals surface area contributed by atoms with Gasteiger partial charge in [-0.15, -0.1) is 0 Å². The summed E-state index contributed by atoms with van der Waals surface area (Å²) in [4.78, 5) is 10.9. The summed E-state index contributed by atoms with van der Waals surface area (Å²) in [6.07, 6.45) is -0.139. The van der Waals surface area contributed by atoms with Crippen molar-refractivity contribution in [3.63, 3.8) is 0 Å². The van der Waals surface area contributed by atoms with E-state index in [0.717, 1.165) is 11.1 Å². The van der Waals surface area contributed by atoms with Crippen LogP contribution >= 0.6 is 0 Å². The topological polar surface area (TPSA) is 86.5 Å². The predicted molar refractivity (Wildman–Crippen MR) is 73.4 cm³/mol. The Morgan fingerprint density at radius 2 is 1.89 bits per heavy atom. The highest BCUT2D eigenvalue weighted by atomic mass is 32.2. The summed E-state index contributed by atoms with van der Waals surface area (Å²) in [5.41, 5.74) is 7.73. The van der Waals surface area contributed by atoms with Crippen molar-refractivity contribution in [2.45, 2.75) is 19.4 Å². The standard InChI is InChI=1S/C13H19NO4S/c1-10-3-5-11(6-4-10)12(14)9-19(16,17)8-7-13(15)18-2/h3-6,12H,7-9,14H2,1-2H3. The fourth-order valence-corrected chi connectivity index (χ4v) is 2.99. The van der Waals surface area contributed by atoms with Gasteiger partial charge < -0.3 is 10.5 Å². The lowest BCUT2D eigenvalue weighted by Gasteiger charge is -2.12. The van der Waals surface area contributed by atoms with E-state index in [1.54, 1.807) is 0 Å². The molecule has 0 saturated heterocycles. The zero-order valence-corrected chi connectivity index (χ0v) is 11.9. The fraction of sp³-hybridized carbons (Fsp3) is 0.462. The molecular formula is C13H19NO4S. The van der Waals surface area contributed by atoms with Crippen LogP contribution < -0.4 is 5.73 Å². The van der Waals surface area contributed by atoms with E-state index >= 15 is 0 Å². The maximum atomic E-state index is 11.8. The molecule has 106 valence electrons. The molecule has 1 aromatic rings. The number of carbonyl (C=O) groups is 1. The highest BCUT2D eigenvalue weighted by Gasteiger charge is 2.19. The van der Waals surface area contributed by atoms with Gasteiger partial charge in [0.1, 0.15) is 0 Å². The molecule has 1 rings (SSSR count). The third-order valence-electron chi connectivity index (χ3n) is 2.78. The number of hydrogen-bond donors (Lipinski definition) is 1. The molecule has 2 N–H and O–H groups in total. The maximum Gasteiger partial charge on any atom is 0.306 e. The molecular weight excluding hydrogens is 266 g/mol. The van der Waals surface area contributed by atoms with Crippen molar-refractivity contribution >= 4 is 15.8 Å². The molecule has 0 heterocycles. The number of ether oxygens (including phenoxy) is 1. The molecule has 1 atom stereocenters. The van der Waals surface area contributed by atoms with E-state index in [1.807, 2.05) is 31.2 Å². The first kappa shape index (κ1) is 15.7. The van der Waals surface area contributed by atoms with Crippen molar-refractivity contribution in [1.29, 1.82) is 0 Å². The van der Waals surface area contributed by atoms with Crippen LogP contribution in [0.3, 0.4) is 0 Å². The fourth-order valence-electron chi connectivity index (χ4n) is 1.61. The average Bonchev–Trinajstić information content (AvgIpc) is 2.36. The van der Waals surface area contributed by atoms with Gasteiger partial charge in [0.05, 0.1) is 25.0 Å². The second-order valence-corrected chi connectivity index (χ2v) is 6.69. The van der Waals surface area contributed by atoms with Gasteiger partial charge in [-0.25, -0.2) is 8.42 Å². The summed E-state index contributed by atoms with van der Waals surface area (Å²) in [5, 5.41) is 0. The summed E-state index contributed by atoms with van der Waals surface area (Å²) in [6, 6.07) is 6.82. The van der Waals surface area contributed by atoms with Crippen LogP contribution in [0.25, 0.3) is 0 Å². The van der Waals surface area contributed by atoms with Gasteiger partial charge in [-0.05, 0) is 12.5 Å². The number of aryl methyl sites for hydroxylation is 1. The van der Waals surface area contributed by atoms with Crippen molar-refractivity contribution in [2.75, 3.05) is 18.6 Å². The van der Waals surface area contributed by atoms with Gasteiger partial charge in [0.15, 0.2) is 9.84 Å². The van der Waals surface area contributed by atoms with Crippen LogP contribution in [-0.4, -0.2) is 33.0 Å². The Morgan fingerprint density at radius 1 is 1.32 bits per heavy atom. The van der Waals surface area contributed by atoms with Gasteiger partial charge in [0.25, 0.3) is 0 Å². The highest BCUT2D eigenvalue weighted by Crippen LogP contribution is 2.14. The Hall–Kier alpha value is -1.40. The monoisotopic (exact) mass is 285 g/mol. The van der Waals surface area contributed by atoms with Gasteiger partial charge in [-0.2, -0.15) is 0 Å². The van der Waals surface area contributed by atoms with Gasteiger partial charge in [0.2, 0.25) is 0 Å². The van der Waals surface area contributed by atoms with Crippen molar-refractivity contribution < 1.29 is 17.9 Å². The van der Waals surface area contributed by atoms with Crippen molar-refractivity contribution in [3.8, 4) is 0 Å². The Labute approximate surface area is 113 Å². The molecule has 0 radical (unpaired) electrons. The first-order valence-electron chi connectivity index (χ1n) is 5.93. The molecule has 0 saturated carbocycles. The van der Waals surface area contributed by atoms with Crippen molar-refractivity contribution in [3.05, 3.63) is 35.4 Å². The SMILES string of the molecule is COC(=O)CCS(=O)(=O)CC(N)c1ccc(C)cc1. The lowest BCUT2D eigenvalue weighted by Crippen LogP contribution is -2.24. The second-order valence-electron chi connectivity index (χ2n) is 4.46. The van der Waals surface area contributed by atoms with Gasteiger partial charge >= 0.3 is 5.97 Å². The minimum Gasteiger partial charge on any atom is -0.469 e. The van der Waals surface area contributed by atoms with E-state index in [1.165, 1.54) is 7.11 Å². The molecule has 0 spiro atoms. The van der Waals surface area contributed by atoms with Crippen LogP contribution in [0.2, 0.25) is 0 Å². The molecule has 0 aromatic heterocycles. The molecule has 0 bridgehead atoms. The second kappa shape index (κ2) is 6.68. The summed E-state index contributed by atoms with van der Waals surface area (Å²) in [6.45, 7) is 1.95. The van der Waals surface area contributed by atoms with Crippen LogP contribution in [0, 0.1) is 6.92 Å². The first-order chi connectivity index (χ1) is 8.84. The lowest BCUT2D eigenvalue weighted by atomic mass is 10.1. The quantitative estimate of drug-likeness (QED) is 0.787. The Bertz CT molecular complexity index is 522. The number of sulfone groups is 1. The summed E-state index contributed by atoms with van der Waals surface area (Å²) in [5.74, 6) is -0.945. The molecule has 0 aliphatic rings. The molecule has 1 aromatic carbocycles. The van der Waals surface area contributed by atoms with Gasteiger partial charge in [-0.3, -0.25) is 4.79 Å². The molecule has 0 amide bonds. The molecule has 6 heteroatoms. The molecule has 0 aliphatic carbocycles. The molecule has 5 nitrogen and oxygen atoms in total.